The number of fused-ring (bicyclic) bond motifs is 1. The van der Waals surface area contributed by atoms with Gasteiger partial charge in [-0.1, -0.05) is 0 Å². The average Bonchev–Trinajstić information content (AvgIpc) is 2.98. The number of aliphatic carboxylic acids is 1. The molecule has 1 aliphatic heterocycles. The van der Waals surface area contributed by atoms with Crippen LogP contribution < -0.4 is 0 Å². The van der Waals surface area contributed by atoms with E-state index in [1.54, 1.807) is 16.2 Å². The Morgan fingerprint density at radius 1 is 1.26 bits per heavy atom. The van der Waals surface area contributed by atoms with Crippen LogP contribution in [0.2, 0.25) is 0 Å². The Balaban J connectivity index is 1.71. The van der Waals surface area contributed by atoms with Crippen molar-refractivity contribution in [3.8, 4) is 0 Å². The van der Waals surface area contributed by atoms with Gasteiger partial charge >= 0.3 is 5.97 Å². The zero-order chi connectivity index (χ0) is 13.4. The van der Waals surface area contributed by atoms with Crippen LogP contribution in [0.15, 0.2) is 17.5 Å². The molecule has 0 saturated carbocycles. The Morgan fingerprint density at radius 3 is 2.63 bits per heavy atom. The predicted octanol–water partition coefficient (Wildman–Crippen LogP) is 2.90. The van der Waals surface area contributed by atoms with Crippen LogP contribution in [-0.4, -0.2) is 35.0 Å². The molecular formula is C13H13NO3S2. The molecule has 1 N–H and O–H groups in total. The number of amides is 1. The summed E-state index contributed by atoms with van der Waals surface area (Å²) in [6.07, 6.45) is 1.11. The summed E-state index contributed by atoms with van der Waals surface area (Å²) in [5.74, 6) is -1.00. The van der Waals surface area contributed by atoms with E-state index in [0.717, 1.165) is 14.3 Å². The summed E-state index contributed by atoms with van der Waals surface area (Å²) in [5, 5.41) is 11.0. The molecular weight excluding hydrogens is 282 g/mol. The molecule has 0 unspecified atom stereocenters. The maximum absolute atomic E-state index is 12.3. The van der Waals surface area contributed by atoms with Crippen LogP contribution >= 0.6 is 22.7 Å². The monoisotopic (exact) mass is 295 g/mol. The Hall–Kier alpha value is -1.40. The second kappa shape index (κ2) is 4.94. The number of piperidine rings is 1. The lowest BCUT2D eigenvalue weighted by Gasteiger charge is -2.29. The molecule has 0 bridgehead atoms. The SMILES string of the molecule is O=C(O)C1CCN(C(=O)c2cc3sccc3s2)CC1. The van der Waals surface area contributed by atoms with E-state index < -0.39 is 5.97 Å². The fraction of sp³-hybridized carbons (Fsp3) is 0.385. The van der Waals surface area contributed by atoms with E-state index >= 15 is 0 Å². The largest absolute Gasteiger partial charge is 0.481 e. The normalized spacial score (nSPS) is 16.9. The lowest BCUT2D eigenvalue weighted by molar-refractivity contribution is -0.143. The minimum Gasteiger partial charge on any atom is -0.481 e. The zero-order valence-corrected chi connectivity index (χ0v) is 11.8. The fourth-order valence-corrected chi connectivity index (χ4v) is 4.43. The van der Waals surface area contributed by atoms with Crippen molar-refractivity contribution in [2.45, 2.75) is 12.8 Å². The van der Waals surface area contributed by atoms with Crippen molar-refractivity contribution >= 4 is 43.9 Å². The first kappa shape index (κ1) is 12.6. The molecule has 0 atom stereocenters. The first-order valence-corrected chi connectivity index (χ1v) is 7.84. The summed E-state index contributed by atoms with van der Waals surface area (Å²) >= 11 is 3.15. The standard InChI is InChI=1S/C13H13NO3S2/c15-12(11-7-10-9(19-11)3-6-18-10)14-4-1-8(2-5-14)13(16)17/h3,6-8H,1-2,4-5H2,(H,16,17). The van der Waals surface area contributed by atoms with E-state index in [0.29, 0.717) is 25.9 Å². The van der Waals surface area contributed by atoms with Gasteiger partial charge < -0.3 is 10.0 Å². The Bertz CT molecular complexity index is 594. The summed E-state index contributed by atoms with van der Waals surface area (Å²) in [6, 6.07) is 3.97. The topological polar surface area (TPSA) is 57.6 Å². The van der Waals surface area contributed by atoms with Gasteiger partial charge in [0.2, 0.25) is 0 Å². The van der Waals surface area contributed by atoms with E-state index in [9.17, 15) is 9.59 Å². The Labute approximate surface area is 118 Å². The number of carbonyl (C=O) groups excluding carboxylic acids is 1. The third-order valence-electron chi connectivity index (χ3n) is 3.48. The quantitative estimate of drug-likeness (QED) is 0.926. The molecule has 1 aliphatic rings. The van der Waals surface area contributed by atoms with Crippen LogP contribution in [-0.2, 0) is 4.79 Å². The second-order valence-electron chi connectivity index (χ2n) is 4.66. The second-order valence-corrected chi connectivity index (χ2v) is 6.70. The van der Waals surface area contributed by atoms with Gasteiger partial charge in [-0.25, -0.2) is 0 Å². The molecule has 19 heavy (non-hydrogen) atoms. The minimum atomic E-state index is -0.747. The first-order chi connectivity index (χ1) is 9.15. The number of hydrogen-bond donors (Lipinski definition) is 1. The highest BCUT2D eigenvalue weighted by atomic mass is 32.1. The number of likely N-dealkylation sites (tertiary alicyclic amines) is 1. The van der Waals surface area contributed by atoms with Crippen molar-refractivity contribution in [3.63, 3.8) is 0 Å². The van der Waals surface area contributed by atoms with Crippen molar-refractivity contribution < 1.29 is 14.7 Å². The van der Waals surface area contributed by atoms with Crippen molar-refractivity contribution in [1.82, 2.24) is 4.90 Å². The highest BCUT2D eigenvalue weighted by molar-refractivity contribution is 7.27. The van der Waals surface area contributed by atoms with Gasteiger partial charge in [0.1, 0.15) is 0 Å². The molecule has 0 radical (unpaired) electrons. The summed E-state index contributed by atoms with van der Waals surface area (Å²) in [6.45, 7) is 1.09. The number of carboxylic acids is 1. The van der Waals surface area contributed by atoms with Crippen molar-refractivity contribution in [2.24, 2.45) is 5.92 Å². The molecule has 0 spiro atoms. The summed E-state index contributed by atoms with van der Waals surface area (Å²) in [7, 11) is 0. The lowest BCUT2D eigenvalue weighted by atomic mass is 9.97. The van der Waals surface area contributed by atoms with Crippen LogP contribution in [0.5, 0.6) is 0 Å². The number of hydrogen-bond acceptors (Lipinski definition) is 4. The van der Waals surface area contributed by atoms with Crippen molar-refractivity contribution in [2.75, 3.05) is 13.1 Å². The van der Waals surface area contributed by atoms with Crippen LogP contribution in [0.1, 0.15) is 22.5 Å². The van der Waals surface area contributed by atoms with E-state index in [1.807, 2.05) is 17.5 Å². The van der Waals surface area contributed by atoms with Crippen molar-refractivity contribution in [1.29, 1.82) is 0 Å². The molecule has 100 valence electrons. The van der Waals surface area contributed by atoms with Gasteiger partial charge in [-0.05, 0) is 30.4 Å². The third kappa shape index (κ3) is 2.37. The maximum atomic E-state index is 12.3. The molecule has 1 saturated heterocycles. The number of carbonyl (C=O) groups is 2. The maximum Gasteiger partial charge on any atom is 0.306 e. The number of carboxylic acid groups (broad SMARTS) is 1. The van der Waals surface area contributed by atoms with Gasteiger partial charge in [0.15, 0.2) is 0 Å². The summed E-state index contributed by atoms with van der Waals surface area (Å²) in [5.41, 5.74) is 0. The van der Waals surface area contributed by atoms with E-state index in [2.05, 4.69) is 0 Å². The van der Waals surface area contributed by atoms with E-state index in [4.69, 9.17) is 5.11 Å². The van der Waals surface area contributed by atoms with E-state index in [1.165, 1.54) is 11.3 Å². The predicted molar refractivity (Wildman–Crippen MR) is 76.0 cm³/mol. The lowest BCUT2D eigenvalue weighted by Crippen LogP contribution is -2.39. The smallest absolute Gasteiger partial charge is 0.306 e. The molecule has 3 heterocycles. The Kier molecular flexibility index (Phi) is 3.28. The molecule has 2 aromatic rings. The Morgan fingerprint density at radius 2 is 2.00 bits per heavy atom. The molecule has 6 heteroatoms. The van der Waals surface area contributed by atoms with Gasteiger partial charge in [-0.2, -0.15) is 0 Å². The van der Waals surface area contributed by atoms with Crippen molar-refractivity contribution in [3.05, 3.63) is 22.4 Å². The molecule has 0 aliphatic carbocycles. The summed E-state index contributed by atoms with van der Waals surface area (Å²) < 4.78 is 2.29. The number of nitrogens with zero attached hydrogens (tertiary/aromatic N) is 1. The molecule has 3 rings (SSSR count). The number of thiophene rings is 2. The molecule has 4 nitrogen and oxygen atoms in total. The molecule has 1 fully saturated rings. The fourth-order valence-electron chi connectivity index (χ4n) is 2.36. The van der Waals surface area contributed by atoms with Crippen LogP contribution in [0, 0.1) is 5.92 Å². The van der Waals surface area contributed by atoms with Gasteiger partial charge in [-0.3, -0.25) is 9.59 Å². The van der Waals surface area contributed by atoms with Gasteiger partial charge in [0.05, 0.1) is 10.8 Å². The minimum absolute atomic E-state index is 0.0391. The van der Waals surface area contributed by atoms with Gasteiger partial charge in [-0.15, -0.1) is 22.7 Å². The highest BCUT2D eigenvalue weighted by Gasteiger charge is 2.28. The van der Waals surface area contributed by atoms with E-state index in [-0.39, 0.29) is 11.8 Å². The van der Waals surface area contributed by atoms with Crippen LogP contribution in [0.3, 0.4) is 0 Å². The first-order valence-electron chi connectivity index (χ1n) is 6.14. The van der Waals surface area contributed by atoms with Crippen LogP contribution in [0.4, 0.5) is 0 Å². The summed E-state index contributed by atoms with van der Waals surface area (Å²) in [4.78, 5) is 25.8. The third-order valence-corrected chi connectivity index (χ3v) is 5.56. The van der Waals surface area contributed by atoms with Gasteiger partial charge in [0.25, 0.3) is 5.91 Å². The molecule has 0 aromatic carbocycles. The zero-order valence-electron chi connectivity index (χ0n) is 10.2. The van der Waals surface area contributed by atoms with Gasteiger partial charge in [0, 0.05) is 22.5 Å². The molecule has 2 aromatic heterocycles. The van der Waals surface area contributed by atoms with Crippen LogP contribution in [0.25, 0.3) is 9.40 Å². The highest BCUT2D eigenvalue weighted by Crippen LogP contribution is 2.31. The number of rotatable bonds is 2. The average molecular weight is 295 g/mol. The molecule has 1 amide bonds.